The van der Waals surface area contributed by atoms with E-state index >= 15 is 0 Å². The second-order valence-corrected chi connectivity index (χ2v) is 5.42. The van der Waals surface area contributed by atoms with Gasteiger partial charge in [-0.25, -0.2) is 0 Å². The number of rotatable bonds is 4. The van der Waals surface area contributed by atoms with E-state index in [9.17, 15) is 4.79 Å². The molecule has 0 aliphatic heterocycles. The van der Waals surface area contributed by atoms with E-state index in [1.807, 2.05) is 19.9 Å². The van der Waals surface area contributed by atoms with Crippen LogP contribution in [-0.4, -0.2) is 5.91 Å². The molecule has 0 saturated heterocycles. The van der Waals surface area contributed by atoms with Gasteiger partial charge < -0.3 is 11.1 Å². The van der Waals surface area contributed by atoms with Gasteiger partial charge in [-0.05, 0) is 61.8 Å². The monoisotopic (exact) mass is 260 g/mol. The van der Waals surface area contributed by atoms with Gasteiger partial charge in [0, 0.05) is 5.92 Å². The van der Waals surface area contributed by atoms with E-state index in [0.717, 1.165) is 31.4 Å². The number of hydrogen-bond acceptors (Lipinski definition) is 2. The SMILES string of the molecule is CCC(CC)C(=O)Nc1cc2c(cc1N)CCCC2. The van der Waals surface area contributed by atoms with Gasteiger partial charge in [0.2, 0.25) is 5.91 Å². The Hall–Kier alpha value is -1.51. The third kappa shape index (κ3) is 3.09. The highest BCUT2D eigenvalue weighted by Gasteiger charge is 2.17. The highest BCUT2D eigenvalue weighted by atomic mass is 16.1. The smallest absolute Gasteiger partial charge is 0.227 e. The second-order valence-electron chi connectivity index (χ2n) is 5.42. The van der Waals surface area contributed by atoms with Crippen LogP contribution in [-0.2, 0) is 17.6 Å². The molecule has 0 radical (unpaired) electrons. The third-order valence-corrected chi connectivity index (χ3v) is 4.13. The summed E-state index contributed by atoms with van der Waals surface area (Å²) in [6.07, 6.45) is 6.42. The van der Waals surface area contributed by atoms with E-state index in [0.29, 0.717) is 5.69 Å². The van der Waals surface area contributed by atoms with Gasteiger partial charge in [0.1, 0.15) is 0 Å². The van der Waals surface area contributed by atoms with E-state index in [4.69, 9.17) is 5.73 Å². The lowest BCUT2D eigenvalue weighted by Crippen LogP contribution is -2.22. The molecule has 0 fully saturated rings. The first-order chi connectivity index (χ1) is 9.15. The van der Waals surface area contributed by atoms with E-state index in [2.05, 4.69) is 11.4 Å². The van der Waals surface area contributed by atoms with Crippen LogP contribution in [0.2, 0.25) is 0 Å². The molecule has 0 bridgehead atoms. The molecule has 1 aliphatic carbocycles. The number of nitrogen functional groups attached to an aromatic ring is 1. The Bertz CT molecular complexity index is 464. The predicted molar refractivity (Wildman–Crippen MR) is 80.2 cm³/mol. The van der Waals surface area contributed by atoms with Crippen LogP contribution in [0.4, 0.5) is 11.4 Å². The molecule has 3 N–H and O–H groups in total. The number of nitrogens with two attached hydrogens (primary N) is 1. The normalized spacial score (nSPS) is 14.3. The zero-order chi connectivity index (χ0) is 13.8. The molecule has 1 aromatic carbocycles. The fourth-order valence-corrected chi connectivity index (χ4v) is 2.81. The van der Waals surface area contributed by atoms with Gasteiger partial charge in [0.25, 0.3) is 0 Å². The molecular weight excluding hydrogens is 236 g/mol. The molecule has 2 rings (SSSR count). The summed E-state index contributed by atoms with van der Waals surface area (Å²) in [6, 6.07) is 4.11. The molecular formula is C16H24N2O. The summed E-state index contributed by atoms with van der Waals surface area (Å²) in [5.74, 6) is 0.169. The van der Waals surface area contributed by atoms with Gasteiger partial charge in [-0.15, -0.1) is 0 Å². The van der Waals surface area contributed by atoms with Gasteiger partial charge >= 0.3 is 0 Å². The van der Waals surface area contributed by atoms with Crippen molar-refractivity contribution in [3.8, 4) is 0 Å². The van der Waals surface area contributed by atoms with E-state index in [-0.39, 0.29) is 11.8 Å². The van der Waals surface area contributed by atoms with Gasteiger partial charge in [0.05, 0.1) is 11.4 Å². The third-order valence-electron chi connectivity index (χ3n) is 4.13. The molecule has 0 unspecified atom stereocenters. The van der Waals surface area contributed by atoms with Crippen molar-refractivity contribution in [2.75, 3.05) is 11.1 Å². The van der Waals surface area contributed by atoms with Crippen molar-refractivity contribution in [3.05, 3.63) is 23.3 Å². The summed E-state index contributed by atoms with van der Waals surface area (Å²) >= 11 is 0. The van der Waals surface area contributed by atoms with Crippen LogP contribution in [0.1, 0.15) is 50.7 Å². The number of fused-ring (bicyclic) bond motifs is 1. The Kier molecular flexibility index (Phi) is 4.46. The fourth-order valence-electron chi connectivity index (χ4n) is 2.81. The topological polar surface area (TPSA) is 55.1 Å². The number of hydrogen-bond donors (Lipinski definition) is 2. The van der Waals surface area contributed by atoms with Crippen LogP contribution >= 0.6 is 0 Å². The molecule has 0 atom stereocenters. The van der Waals surface area contributed by atoms with Crippen molar-refractivity contribution >= 4 is 17.3 Å². The molecule has 1 aliphatic rings. The van der Waals surface area contributed by atoms with Crippen LogP contribution in [0.25, 0.3) is 0 Å². The molecule has 0 aromatic heterocycles. The minimum absolute atomic E-state index is 0.0791. The van der Waals surface area contributed by atoms with Crippen molar-refractivity contribution in [1.82, 2.24) is 0 Å². The summed E-state index contributed by atoms with van der Waals surface area (Å²) in [4.78, 5) is 12.1. The number of carbonyl (C=O) groups is 1. The summed E-state index contributed by atoms with van der Waals surface area (Å²) in [6.45, 7) is 4.09. The Labute approximate surface area is 115 Å². The Morgan fingerprint density at radius 3 is 2.37 bits per heavy atom. The molecule has 19 heavy (non-hydrogen) atoms. The number of amides is 1. The quantitative estimate of drug-likeness (QED) is 0.814. The van der Waals surface area contributed by atoms with Gasteiger partial charge in [0.15, 0.2) is 0 Å². The number of carbonyl (C=O) groups excluding carboxylic acids is 1. The fraction of sp³-hybridized carbons (Fsp3) is 0.562. The molecule has 1 amide bonds. The highest BCUT2D eigenvalue weighted by molar-refractivity contribution is 5.95. The highest BCUT2D eigenvalue weighted by Crippen LogP contribution is 2.29. The minimum atomic E-state index is 0.0791. The number of benzene rings is 1. The first-order valence-corrected chi connectivity index (χ1v) is 7.37. The van der Waals surface area contributed by atoms with E-state index < -0.39 is 0 Å². The Morgan fingerprint density at radius 1 is 1.21 bits per heavy atom. The standard InChI is InChI=1S/C16H24N2O/c1-3-11(4-2)16(19)18-15-10-13-8-6-5-7-12(13)9-14(15)17/h9-11H,3-8,17H2,1-2H3,(H,18,19). The summed E-state index contributed by atoms with van der Waals surface area (Å²) in [5, 5.41) is 3.00. The predicted octanol–water partition coefficient (Wildman–Crippen LogP) is 3.52. The number of anilines is 2. The van der Waals surface area contributed by atoms with Crippen LogP contribution < -0.4 is 11.1 Å². The summed E-state index contributed by atoms with van der Waals surface area (Å²) in [5.41, 5.74) is 10.2. The van der Waals surface area contributed by atoms with Crippen molar-refractivity contribution in [2.45, 2.75) is 52.4 Å². The second kappa shape index (κ2) is 6.09. The summed E-state index contributed by atoms with van der Waals surface area (Å²) in [7, 11) is 0. The zero-order valence-electron chi connectivity index (χ0n) is 12.0. The largest absolute Gasteiger partial charge is 0.397 e. The van der Waals surface area contributed by atoms with Gasteiger partial charge in [-0.3, -0.25) is 4.79 Å². The maximum Gasteiger partial charge on any atom is 0.227 e. The van der Waals surface area contributed by atoms with Gasteiger partial charge in [-0.2, -0.15) is 0 Å². The van der Waals surface area contributed by atoms with Crippen molar-refractivity contribution in [3.63, 3.8) is 0 Å². The van der Waals surface area contributed by atoms with Gasteiger partial charge in [-0.1, -0.05) is 13.8 Å². The first-order valence-electron chi connectivity index (χ1n) is 7.37. The van der Waals surface area contributed by atoms with Crippen LogP contribution in [0.3, 0.4) is 0 Å². The number of nitrogens with one attached hydrogen (secondary N) is 1. The van der Waals surface area contributed by atoms with Crippen molar-refractivity contribution in [2.24, 2.45) is 5.92 Å². The van der Waals surface area contributed by atoms with E-state index in [1.54, 1.807) is 0 Å². The Morgan fingerprint density at radius 2 is 1.79 bits per heavy atom. The maximum atomic E-state index is 12.1. The van der Waals surface area contributed by atoms with E-state index in [1.165, 1.54) is 24.0 Å². The van der Waals surface area contributed by atoms with Crippen LogP contribution in [0, 0.1) is 5.92 Å². The average Bonchev–Trinajstić information content (AvgIpc) is 2.41. The minimum Gasteiger partial charge on any atom is -0.397 e. The lowest BCUT2D eigenvalue weighted by Gasteiger charge is -2.20. The molecule has 104 valence electrons. The van der Waals surface area contributed by atoms with Crippen molar-refractivity contribution < 1.29 is 4.79 Å². The molecule has 0 spiro atoms. The lowest BCUT2D eigenvalue weighted by atomic mass is 9.90. The average molecular weight is 260 g/mol. The lowest BCUT2D eigenvalue weighted by molar-refractivity contribution is -0.120. The van der Waals surface area contributed by atoms with Crippen LogP contribution in [0.15, 0.2) is 12.1 Å². The number of aryl methyl sites for hydroxylation is 2. The molecule has 3 nitrogen and oxygen atoms in total. The summed E-state index contributed by atoms with van der Waals surface area (Å²) < 4.78 is 0. The molecule has 0 saturated carbocycles. The molecule has 1 aromatic rings. The maximum absolute atomic E-state index is 12.1. The molecule has 3 heteroatoms. The Balaban J connectivity index is 2.18. The van der Waals surface area contributed by atoms with Crippen molar-refractivity contribution in [1.29, 1.82) is 0 Å². The first kappa shape index (κ1) is 13.9. The van der Waals surface area contributed by atoms with Crippen LogP contribution in [0.5, 0.6) is 0 Å². The molecule has 0 heterocycles. The zero-order valence-corrected chi connectivity index (χ0v) is 12.0.